The van der Waals surface area contributed by atoms with Crippen LogP contribution < -0.4 is 0 Å². The van der Waals surface area contributed by atoms with Crippen molar-refractivity contribution in [3.63, 3.8) is 0 Å². The van der Waals surface area contributed by atoms with Gasteiger partial charge in [-0.1, -0.05) is 0 Å². The fraction of sp³-hybridized carbons (Fsp3) is 1.00. The first-order valence-corrected chi connectivity index (χ1v) is 5.73. The maximum absolute atomic E-state index is 13.4. The van der Waals surface area contributed by atoms with Gasteiger partial charge in [0.15, 0.2) is 0 Å². The van der Waals surface area contributed by atoms with Gasteiger partial charge in [0.2, 0.25) is 7.34 Å². The van der Waals surface area contributed by atoms with Crippen LogP contribution in [0, 0.1) is 0 Å². The van der Waals surface area contributed by atoms with Crippen LogP contribution >= 0.6 is 7.60 Å². The molecule has 1 rings (SSSR count). The molecule has 1 aliphatic rings. The Morgan fingerprint density at radius 3 is 2.53 bits per heavy atom. The van der Waals surface area contributed by atoms with E-state index in [1.165, 1.54) is 0 Å². The van der Waals surface area contributed by atoms with Gasteiger partial charge in [0.05, 0.1) is 6.61 Å². The Labute approximate surface area is 85.8 Å². The summed E-state index contributed by atoms with van der Waals surface area (Å²) in [6, 6.07) is 0. The van der Waals surface area contributed by atoms with Crippen LogP contribution in [0.2, 0.25) is 0 Å². The molecule has 0 aromatic heterocycles. The molecule has 0 aliphatic carbocycles. The van der Waals surface area contributed by atoms with Gasteiger partial charge >= 0.3 is 7.60 Å². The lowest BCUT2D eigenvalue weighted by molar-refractivity contribution is -0.0389. The van der Waals surface area contributed by atoms with Crippen molar-refractivity contribution in [3.05, 3.63) is 0 Å². The highest BCUT2D eigenvalue weighted by Crippen LogP contribution is 2.47. The lowest BCUT2D eigenvalue weighted by Crippen LogP contribution is -2.37. The van der Waals surface area contributed by atoms with Crippen molar-refractivity contribution >= 4 is 7.60 Å². The van der Waals surface area contributed by atoms with Crippen molar-refractivity contribution in [1.29, 1.82) is 1.43 Å². The molecule has 9 heteroatoms. The maximum atomic E-state index is 13.4. The third kappa shape index (κ3) is 2.54. The van der Waals surface area contributed by atoms with Crippen molar-refractivity contribution in [2.24, 2.45) is 0 Å². The Hall–Kier alpha value is -0.0800. The summed E-state index contributed by atoms with van der Waals surface area (Å²) < 4.78 is 35.2. The lowest BCUT2D eigenvalue weighted by Gasteiger charge is -2.19. The first-order valence-electron chi connectivity index (χ1n) is 4.50. The van der Waals surface area contributed by atoms with Crippen LogP contribution in [0.4, 0.5) is 4.39 Å². The molecule has 0 aromatic rings. The fourth-order valence-corrected chi connectivity index (χ4v) is 1.96. The summed E-state index contributed by atoms with van der Waals surface area (Å²) in [4.78, 5) is 12.2. The monoisotopic (exact) mass is 247 g/mol. The zero-order chi connectivity index (χ0) is 12.5. The van der Waals surface area contributed by atoms with Gasteiger partial charge in [0.25, 0.3) is 0 Å². The van der Waals surface area contributed by atoms with E-state index in [4.69, 9.17) is 11.4 Å². The summed E-state index contributed by atoms with van der Waals surface area (Å²) in [6.07, 6.45) is -6.42. The molecule has 0 radical (unpaired) electrons. The minimum Gasteiger partial charge on any atom is -0.394 e. The fourth-order valence-electron chi connectivity index (χ4n) is 1.34. The van der Waals surface area contributed by atoms with Crippen molar-refractivity contribution < 1.29 is 38.8 Å². The minimum absolute atomic E-state index is 0.682. The molecule has 2 unspecified atom stereocenters. The lowest BCUT2D eigenvalue weighted by atomic mass is 10.1. The number of aliphatic hydroxyl groups excluding tert-OH is 3. The largest absolute Gasteiger partial charge is 0.394 e. The van der Waals surface area contributed by atoms with E-state index in [-0.39, 0.29) is 0 Å². The zero-order valence-electron chi connectivity index (χ0n) is 8.43. The Bertz CT molecular complexity index is 292. The predicted octanol–water partition coefficient (Wildman–Crippen LogP) is -2.06. The summed E-state index contributed by atoms with van der Waals surface area (Å²) in [5.74, 6) is -2.67. The minimum atomic E-state index is -4.89. The van der Waals surface area contributed by atoms with E-state index >= 15 is 0 Å². The number of halogens is 1. The van der Waals surface area contributed by atoms with E-state index in [2.05, 4.69) is 9.63 Å². The van der Waals surface area contributed by atoms with Gasteiger partial charge in [-0.25, -0.2) is 4.39 Å². The molecule has 1 heterocycles. The highest BCUT2D eigenvalue weighted by molar-refractivity contribution is 7.52. The number of aliphatic hydroxyl groups is 3. The Balaban J connectivity index is 2.79. The quantitative estimate of drug-likeness (QED) is 0.361. The normalized spacial score (nSPS) is 43.4. The van der Waals surface area contributed by atoms with Crippen LogP contribution in [-0.4, -0.2) is 63.5 Å². The second-order valence-corrected chi connectivity index (χ2v) is 4.86. The maximum Gasteiger partial charge on any atom is 0.362 e. The summed E-state index contributed by atoms with van der Waals surface area (Å²) in [6.45, 7) is -0.682. The molecule has 1 fully saturated rings. The average Bonchev–Trinajstić information content (AvgIpc) is 2.55. The molecule has 1 saturated heterocycles. The zero-order valence-corrected chi connectivity index (χ0v) is 8.33. The van der Waals surface area contributed by atoms with Crippen LogP contribution in [-0.2, 0) is 9.30 Å². The van der Waals surface area contributed by atoms with Gasteiger partial charge in [0.1, 0.15) is 24.4 Å². The van der Waals surface area contributed by atoms with Crippen LogP contribution in [0.3, 0.4) is 0 Å². The second kappa shape index (κ2) is 4.42. The predicted molar refractivity (Wildman–Crippen MR) is 44.7 cm³/mol. The van der Waals surface area contributed by atoms with Crippen LogP contribution in [0.25, 0.3) is 0 Å². The third-order valence-corrected chi connectivity index (χ3v) is 3.08. The summed E-state index contributed by atoms with van der Waals surface area (Å²) in [5.41, 5.74) is 0. The van der Waals surface area contributed by atoms with E-state index in [0.29, 0.717) is 0 Å². The molecule has 1 aliphatic heterocycles. The van der Waals surface area contributed by atoms with Gasteiger partial charge in [-0.15, -0.1) is 0 Å². The van der Waals surface area contributed by atoms with Crippen LogP contribution in [0.1, 0.15) is 0 Å². The third-order valence-electron chi connectivity index (χ3n) is 2.16. The first-order chi connectivity index (χ1) is 7.35. The molecule has 5 N–H and O–H groups in total. The molecular weight excluding hydrogens is 234 g/mol. The van der Waals surface area contributed by atoms with Gasteiger partial charge in [0, 0.05) is 0 Å². The number of rotatable bonds is 4. The molecule has 7 nitrogen and oxygen atoms in total. The molecule has 6 atom stereocenters. The summed E-state index contributed by atoms with van der Waals surface area (Å²) in [7, 11) is -4.89. The van der Waals surface area contributed by atoms with Crippen molar-refractivity contribution in [2.75, 3.05) is 6.61 Å². The highest BCUT2D eigenvalue weighted by atomic mass is 31.2. The molecule has 0 aromatic carbocycles. The Morgan fingerprint density at radius 1 is 1.53 bits per heavy atom. The summed E-state index contributed by atoms with van der Waals surface area (Å²) in [5, 5.41) is 27.3. The molecule has 15 heavy (non-hydrogen) atoms. The number of ether oxygens (including phenoxy) is 1. The standard InChI is InChI=1S/C6H12FO7P/c7-6(15(11,12)13)5-4(10)3(9)2(1-8)14-5/h2-6,8-10H,1H2,(H2,11,12,13)/t2-,3-,4+,5-,6?/m1/s1/i/hD. The van der Waals surface area contributed by atoms with Crippen molar-refractivity contribution in [2.45, 2.75) is 30.3 Å². The van der Waals surface area contributed by atoms with E-state index in [1.807, 2.05) is 0 Å². The molecule has 0 spiro atoms. The van der Waals surface area contributed by atoms with Crippen molar-refractivity contribution in [1.82, 2.24) is 0 Å². The van der Waals surface area contributed by atoms with Crippen LogP contribution in [0.15, 0.2) is 0 Å². The Kier molecular flexibility index (Phi) is 3.36. The van der Waals surface area contributed by atoms with E-state index < -0.39 is 44.5 Å². The first kappa shape index (κ1) is 11.4. The van der Waals surface area contributed by atoms with Crippen LogP contribution in [0.5, 0.6) is 0 Å². The second-order valence-electron chi connectivity index (χ2n) is 3.24. The molecule has 0 amide bonds. The van der Waals surface area contributed by atoms with E-state index in [9.17, 15) is 19.2 Å². The smallest absolute Gasteiger partial charge is 0.362 e. The average molecular weight is 247 g/mol. The Morgan fingerprint density at radius 2 is 2.13 bits per heavy atom. The van der Waals surface area contributed by atoms with Gasteiger partial charge in [-0.3, -0.25) is 4.57 Å². The molecule has 0 saturated carbocycles. The summed E-state index contributed by atoms with van der Waals surface area (Å²) >= 11 is 0. The van der Waals surface area contributed by atoms with E-state index in [1.54, 1.807) is 0 Å². The molecular formula is C6H12FO7P. The van der Waals surface area contributed by atoms with Gasteiger partial charge in [-0.05, 0) is 0 Å². The van der Waals surface area contributed by atoms with E-state index in [0.717, 1.165) is 0 Å². The number of hydrogen-bond donors (Lipinski definition) is 5. The topological polar surface area (TPSA) is 127 Å². The number of alkyl halides is 1. The number of hydrogen-bond acceptors (Lipinski definition) is 6. The SMILES string of the molecule is [2H]OP(=O)(O)C(F)[C@@H]1O[C@H](CO)[C@@H](O)[C@@H]1O. The van der Waals surface area contributed by atoms with Gasteiger partial charge < -0.3 is 29.8 Å². The van der Waals surface area contributed by atoms with Gasteiger partial charge in [-0.2, -0.15) is 0 Å². The molecule has 90 valence electrons. The van der Waals surface area contributed by atoms with Crippen molar-refractivity contribution in [3.8, 4) is 0 Å². The highest BCUT2D eigenvalue weighted by Gasteiger charge is 2.51. The molecule has 0 bridgehead atoms.